The van der Waals surface area contributed by atoms with E-state index in [1.165, 1.54) is 0 Å². The number of hydrogen-bond acceptors (Lipinski definition) is 7. The predicted molar refractivity (Wildman–Crippen MR) is 170 cm³/mol. The number of carbonyl (C=O) groups is 2. The molecule has 9 heteroatoms. The number of nitrogens with one attached hydrogen (secondary N) is 1. The fraction of sp³-hybridized carbons (Fsp3) is 0.444. The number of ether oxygens (including phenoxy) is 5. The first-order valence-corrected chi connectivity index (χ1v) is 15.3. The van der Waals surface area contributed by atoms with Crippen LogP contribution in [0.25, 0.3) is 11.1 Å². The minimum atomic E-state index is -0.664. The van der Waals surface area contributed by atoms with Crippen molar-refractivity contribution in [2.24, 2.45) is 0 Å². The molecule has 4 rings (SSSR count). The van der Waals surface area contributed by atoms with Crippen LogP contribution in [0.15, 0.2) is 60.7 Å². The lowest BCUT2D eigenvalue weighted by atomic mass is 9.99. The lowest BCUT2D eigenvalue weighted by molar-refractivity contribution is -0.153. The van der Waals surface area contributed by atoms with E-state index >= 15 is 4.39 Å². The third-order valence-electron chi connectivity index (χ3n) is 6.76. The van der Waals surface area contributed by atoms with Gasteiger partial charge in [0, 0.05) is 29.8 Å². The summed E-state index contributed by atoms with van der Waals surface area (Å²) in [4.78, 5) is 24.7. The van der Waals surface area contributed by atoms with Gasteiger partial charge in [0.05, 0.1) is 12.5 Å². The Labute approximate surface area is 265 Å². The Morgan fingerprint density at radius 3 is 2.36 bits per heavy atom. The average Bonchev–Trinajstić information content (AvgIpc) is 3.47. The molecule has 1 amide bonds. The first-order chi connectivity index (χ1) is 21.3. The van der Waals surface area contributed by atoms with Gasteiger partial charge < -0.3 is 29.0 Å². The van der Waals surface area contributed by atoms with Crippen molar-refractivity contribution < 1.29 is 37.7 Å². The molecular formula is C36H44FNO7. The number of para-hydroxylation sites is 1. The second-order valence-corrected chi connectivity index (χ2v) is 13.1. The molecule has 1 atom stereocenters. The van der Waals surface area contributed by atoms with Gasteiger partial charge in [-0.05, 0) is 89.8 Å². The van der Waals surface area contributed by atoms with Gasteiger partial charge in [0.25, 0.3) is 0 Å². The van der Waals surface area contributed by atoms with Crippen molar-refractivity contribution in [3.63, 3.8) is 0 Å². The maximum atomic E-state index is 15.9. The minimum Gasteiger partial charge on any atom is -0.491 e. The molecule has 1 aliphatic rings. The highest BCUT2D eigenvalue weighted by Gasteiger charge is 2.20. The van der Waals surface area contributed by atoms with Crippen LogP contribution >= 0.6 is 0 Å². The quantitative estimate of drug-likeness (QED) is 0.221. The summed E-state index contributed by atoms with van der Waals surface area (Å²) in [6.07, 6.45) is 1.37. The lowest BCUT2D eigenvalue weighted by Gasteiger charge is -2.20. The maximum Gasteiger partial charge on any atom is 0.407 e. The van der Waals surface area contributed by atoms with Crippen LogP contribution in [0.3, 0.4) is 0 Å². The lowest BCUT2D eigenvalue weighted by Crippen LogP contribution is -2.32. The fourth-order valence-corrected chi connectivity index (χ4v) is 4.85. The van der Waals surface area contributed by atoms with Gasteiger partial charge in [-0.25, -0.2) is 9.18 Å². The van der Waals surface area contributed by atoms with Gasteiger partial charge in [-0.3, -0.25) is 4.79 Å². The first kappa shape index (κ1) is 33.8. The molecule has 1 heterocycles. The van der Waals surface area contributed by atoms with Crippen LogP contribution in [0.5, 0.6) is 11.5 Å². The van der Waals surface area contributed by atoms with Crippen molar-refractivity contribution in [2.75, 3.05) is 13.2 Å². The molecule has 0 aliphatic carbocycles. The summed E-state index contributed by atoms with van der Waals surface area (Å²) in [7, 11) is 0. The molecule has 0 aromatic heterocycles. The topological polar surface area (TPSA) is 92.3 Å². The van der Waals surface area contributed by atoms with Crippen molar-refractivity contribution in [1.82, 2.24) is 5.32 Å². The third kappa shape index (κ3) is 10.8. The average molecular weight is 622 g/mol. The molecule has 0 saturated carbocycles. The summed E-state index contributed by atoms with van der Waals surface area (Å²) >= 11 is 0. The van der Waals surface area contributed by atoms with Gasteiger partial charge in [-0.15, -0.1) is 0 Å². The Hall–Kier alpha value is -4.11. The zero-order valence-electron chi connectivity index (χ0n) is 27.0. The number of rotatable bonds is 11. The highest BCUT2D eigenvalue weighted by atomic mass is 19.1. The summed E-state index contributed by atoms with van der Waals surface area (Å²) in [5, 5.41) is 2.63. The number of benzene rings is 3. The fourth-order valence-electron chi connectivity index (χ4n) is 4.85. The number of amides is 1. The van der Waals surface area contributed by atoms with Crippen molar-refractivity contribution >= 4 is 12.1 Å². The molecule has 0 radical (unpaired) electrons. The Morgan fingerprint density at radius 1 is 0.911 bits per heavy atom. The van der Waals surface area contributed by atoms with Crippen molar-refractivity contribution in [3.05, 3.63) is 83.2 Å². The SMILES string of the molecule is CC(C)(C)OC(=O)Cc1ccccc1OCc1cc(OCC2CCCO2)cc(-c2cccc(CNC(=O)OC(C)(C)C)c2F)c1. The largest absolute Gasteiger partial charge is 0.491 e. The summed E-state index contributed by atoms with van der Waals surface area (Å²) in [6.45, 7) is 12.0. The molecule has 3 aromatic rings. The third-order valence-corrected chi connectivity index (χ3v) is 6.76. The van der Waals surface area contributed by atoms with Gasteiger partial charge in [0.15, 0.2) is 0 Å². The summed E-state index contributed by atoms with van der Waals surface area (Å²) in [6, 6.07) is 17.9. The molecule has 0 bridgehead atoms. The first-order valence-electron chi connectivity index (χ1n) is 15.3. The van der Waals surface area contributed by atoms with Crippen LogP contribution in [-0.2, 0) is 38.6 Å². The Balaban J connectivity index is 1.56. The second-order valence-electron chi connectivity index (χ2n) is 13.1. The highest BCUT2D eigenvalue weighted by molar-refractivity contribution is 5.74. The number of hydrogen-bond donors (Lipinski definition) is 1. The van der Waals surface area contributed by atoms with E-state index in [4.69, 9.17) is 23.7 Å². The van der Waals surface area contributed by atoms with Crippen molar-refractivity contribution in [1.29, 1.82) is 0 Å². The van der Waals surface area contributed by atoms with E-state index in [0.717, 1.165) is 18.4 Å². The molecule has 1 saturated heterocycles. The number of esters is 1. The molecule has 1 aliphatic heterocycles. The van der Waals surface area contributed by atoms with Crippen LogP contribution in [0.1, 0.15) is 71.1 Å². The minimum absolute atomic E-state index is 0.00656. The molecular weight excluding hydrogens is 577 g/mol. The Morgan fingerprint density at radius 2 is 1.64 bits per heavy atom. The monoisotopic (exact) mass is 621 g/mol. The normalized spacial score (nSPS) is 15.0. The van der Waals surface area contributed by atoms with E-state index in [2.05, 4.69) is 5.32 Å². The molecule has 1 fully saturated rings. The standard InChI is InChI=1S/C36H44FNO7/c1-35(2,3)44-32(39)20-25-11-7-8-15-31(25)43-22-24-17-27(19-29(18-24)42-23-28-13-10-16-41-28)30-14-9-12-26(33(30)37)21-38-34(40)45-36(4,5)6/h7-9,11-12,14-15,17-19,28H,10,13,16,20-23H2,1-6H3,(H,38,40). The number of carbonyl (C=O) groups excluding carboxylic acids is 2. The van der Waals surface area contributed by atoms with E-state index < -0.39 is 23.1 Å². The van der Waals surface area contributed by atoms with Gasteiger partial charge in [0.1, 0.15) is 41.7 Å². The predicted octanol–water partition coefficient (Wildman–Crippen LogP) is 7.54. The van der Waals surface area contributed by atoms with E-state index in [1.807, 2.05) is 51.1 Å². The summed E-state index contributed by atoms with van der Waals surface area (Å²) < 4.78 is 44.7. The molecule has 3 aromatic carbocycles. The van der Waals surface area contributed by atoms with E-state index in [-0.39, 0.29) is 31.6 Å². The van der Waals surface area contributed by atoms with Gasteiger partial charge >= 0.3 is 12.1 Å². The Kier molecular flexibility index (Phi) is 11.1. The van der Waals surface area contributed by atoms with Crippen LogP contribution < -0.4 is 14.8 Å². The molecule has 242 valence electrons. The van der Waals surface area contributed by atoms with Crippen LogP contribution in [0.4, 0.5) is 9.18 Å². The molecule has 1 unspecified atom stereocenters. The van der Waals surface area contributed by atoms with Gasteiger partial charge in [-0.1, -0.05) is 36.4 Å². The van der Waals surface area contributed by atoms with Crippen molar-refractivity contribution in [3.8, 4) is 22.6 Å². The summed E-state index contributed by atoms with van der Waals surface area (Å²) in [5.74, 6) is 0.304. The maximum absolute atomic E-state index is 15.9. The van der Waals surface area contributed by atoms with Crippen LogP contribution in [-0.4, -0.2) is 42.6 Å². The van der Waals surface area contributed by atoms with Crippen molar-refractivity contribution in [2.45, 2.75) is 91.3 Å². The van der Waals surface area contributed by atoms with E-state index in [0.29, 0.717) is 47.0 Å². The van der Waals surface area contributed by atoms with E-state index in [1.54, 1.807) is 51.1 Å². The molecule has 45 heavy (non-hydrogen) atoms. The van der Waals surface area contributed by atoms with Crippen LogP contribution in [0, 0.1) is 5.82 Å². The highest BCUT2D eigenvalue weighted by Crippen LogP contribution is 2.31. The smallest absolute Gasteiger partial charge is 0.407 e. The molecule has 1 N–H and O–H groups in total. The second kappa shape index (κ2) is 14.8. The number of halogens is 1. The van der Waals surface area contributed by atoms with E-state index in [9.17, 15) is 9.59 Å². The molecule has 0 spiro atoms. The zero-order valence-corrected chi connectivity index (χ0v) is 27.0. The zero-order chi connectivity index (χ0) is 32.6. The van der Waals surface area contributed by atoms with Crippen LogP contribution in [0.2, 0.25) is 0 Å². The Bertz CT molecular complexity index is 1470. The number of alkyl carbamates (subject to hydrolysis) is 1. The van der Waals surface area contributed by atoms with Gasteiger partial charge in [0.2, 0.25) is 0 Å². The molecule has 8 nitrogen and oxygen atoms in total. The van der Waals surface area contributed by atoms with Gasteiger partial charge in [-0.2, -0.15) is 0 Å². The summed E-state index contributed by atoms with van der Waals surface area (Å²) in [5.41, 5.74) is 1.46.